The topological polar surface area (TPSA) is 67.9 Å². The lowest BCUT2D eigenvalue weighted by molar-refractivity contribution is -0.140. The number of hydrogen-bond acceptors (Lipinski definition) is 7. The monoisotopic (exact) mass is 538 g/mol. The number of ether oxygens (including phenoxy) is 2. The number of benzene rings is 2. The van der Waals surface area contributed by atoms with Crippen LogP contribution in [0.15, 0.2) is 70.0 Å². The lowest BCUT2D eigenvalue weighted by atomic mass is 9.91. The maximum atomic E-state index is 12.4. The van der Waals surface area contributed by atoms with E-state index in [1.807, 2.05) is 30.4 Å². The summed E-state index contributed by atoms with van der Waals surface area (Å²) >= 11 is 3.34. The quantitative estimate of drug-likeness (QED) is 0.345. The SMILES string of the molecule is CC[C@@H]1CN(Cc2cc(C(CC(=O)OC)C3=CC=C(C(=O)NC)CS3)ccc2C)Sc2ccccc2O1. The minimum atomic E-state index is -0.252. The second-order valence-electron chi connectivity index (χ2n) is 9.16. The van der Waals surface area contributed by atoms with Crippen LogP contribution in [0.4, 0.5) is 0 Å². The van der Waals surface area contributed by atoms with E-state index >= 15 is 0 Å². The lowest BCUT2D eigenvalue weighted by Crippen LogP contribution is -2.29. The Morgan fingerprint density at radius 2 is 2.03 bits per heavy atom. The molecule has 0 saturated carbocycles. The van der Waals surface area contributed by atoms with Gasteiger partial charge in [0.1, 0.15) is 11.9 Å². The summed E-state index contributed by atoms with van der Waals surface area (Å²) in [7, 11) is 3.06. The van der Waals surface area contributed by atoms with E-state index in [4.69, 9.17) is 9.47 Å². The first-order valence-corrected chi connectivity index (χ1v) is 14.3. The van der Waals surface area contributed by atoms with Crippen LogP contribution in [-0.2, 0) is 20.9 Å². The molecule has 2 aliphatic rings. The zero-order valence-corrected chi connectivity index (χ0v) is 23.4. The van der Waals surface area contributed by atoms with Crippen molar-refractivity contribution in [1.29, 1.82) is 0 Å². The van der Waals surface area contributed by atoms with E-state index in [1.54, 1.807) is 30.8 Å². The van der Waals surface area contributed by atoms with E-state index < -0.39 is 0 Å². The average Bonchev–Trinajstić information content (AvgIpc) is 3.11. The van der Waals surface area contributed by atoms with Gasteiger partial charge in [0.25, 0.3) is 0 Å². The van der Waals surface area contributed by atoms with Gasteiger partial charge in [-0.2, -0.15) is 0 Å². The number of para-hydroxylation sites is 1. The highest BCUT2D eigenvalue weighted by molar-refractivity contribution is 8.03. The Morgan fingerprint density at radius 3 is 2.73 bits per heavy atom. The smallest absolute Gasteiger partial charge is 0.306 e. The van der Waals surface area contributed by atoms with Crippen LogP contribution in [-0.4, -0.2) is 48.7 Å². The van der Waals surface area contributed by atoms with Gasteiger partial charge in [0.2, 0.25) is 5.91 Å². The number of nitrogens with zero attached hydrogens (tertiary/aromatic N) is 1. The van der Waals surface area contributed by atoms with Crippen molar-refractivity contribution in [3.05, 3.63) is 81.8 Å². The van der Waals surface area contributed by atoms with E-state index in [-0.39, 0.29) is 30.3 Å². The number of hydrogen-bond donors (Lipinski definition) is 1. The number of thioether (sulfide) groups is 1. The summed E-state index contributed by atoms with van der Waals surface area (Å²) in [5.74, 6) is 1.05. The molecule has 2 aromatic carbocycles. The predicted molar refractivity (Wildman–Crippen MR) is 151 cm³/mol. The van der Waals surface area contributed by atoms with Crippen LogP contribution in [0.3, 0.4) is 0 Å². The Balaban J connectivity index is 1.62. The fourth-order valence-electron chi connectivity index (χ4n) is 4.41. The molecule has 0 radical (unpaired) electrons. The summed E-state index contributed by atoms with van der Waals surface area (Å²) in [5, 5.41) is 2.68. The van der Waals surface area contributed by atoms with Crippen molar-refractivity contribution in [3.63, 3.8) is 0 Å². The van der Waals surface area contributed by atoms with Gasteiger partial charge in [-0.3, -0.25) is 9.59 Å². The third-order valence-electron chi connectivity index (χ3n) is 6.66. The molecule has 37 heavy (non-hydrogen) atoms. The summed E-state index contributed by atoms with van der Waals surface area (Å²) in [6.07, 6.45) is 5.13. The summed E-state index contributed by atoms with van der Waals surface area (Å²) in [6.45, 7) is 5.87. The zero-order valence-electron chi connectivity index (χ0n) is 21.8. The molecule has 2 aliphatic heterocycles. The van der Waals surface area contributed by atoms with E-state index in [9.17, 15) is 9.59 Å². The first-order chi connectivity index (χ1) is 17.9. The number of carbonyl (C=O) groups is 2. The number of likely N-dealkylation sites (N-methyl/N-ethyl adjacent to an activating group) is 1. The highest BCUT2D eigenvalue weighted by atomic mass is 32.2. The van der Waals surface area contributed by atoms with E-state index in [2.05, 4.69) is 47.7 Å². The summed E-state index contributed by atoms with van der Waals surface area (Å²) < 4.78 is 13.7. The molecule has 6 nitrogen and oxygen atoms in total. The molecule has 4 rings (SSSR count). The van der Waals surface area contributed by atoms with E-state index in [0.717, 1.165) is 46.2 Å². The van der Waals surface area contributed by atoms with E-state index in [0.29, 0.717) is 5.75 Å². The van der Waals surface area contributed by atoms with Crippen molar-refractivity contribution >= 4 is 35.6 Å². The number of methoxy groups -OCH3 is 1. The molecule has 1 amide bonds. The Hall–Kier alpha value is -2.68. The molecule has 0 aliphatic carbocycles. The van der Waals surface area contributed by atoms with Gasteiger partial charge >= 0.3 is 5.97 Å². The zero-order chi connectivity index (χ0) is 26.4. The average molecular weight is 539 g/mol. The molecule has 1 N–H and O–H groups in total. The third kappa shape index (κ3) is 6.80. The molecule has 0 saturated heterocycles. The Kier molecular flexibility index (Phi) is 9.40. The number of nitrogens with one attached hydrogen (secondary N) is 1. The fourth-order valence-corrected chi connectivity index (χ4v) is 6.61. The highest BCUT2D eigenvalue weighted by Gasteiger charge is 2.26. The van der Waals surface area contributed by atoms with Gasteiger partial charge in [-0.05, 0) is 59.0 Å². The Bertz CT molecular complexity index is 1210. The number of amides is 1. The van der Waals surface area contributed by atoms with Crippen LogP contribution in [0.1, 0.15) is 42.4 Å². The highest BCUT2D eigenvalue weighted by Crippen LogP contribution is 2.40. The Morgan fingerprint density at radius 1 is 1.22 bits per heavy atom. The van der Waals surface area contributed by atoms with Gasteiger partial charge in [-0.25, -0.2) is 4.31 Å². The number of rotatable bonds is 8. The van der Waals surface area contributed by atoms with Crippen molar-refractivity contribution in [3.8, 4) is 5.75 Å². The van der Waals surface area contributed by atoms with Crippen molar-refractivity contribution in [2.24, 2.45) is 0 Å². The number of esters is 1. The van der Waals surface area contributed by atoms with Gasteiger partial charge in [0.05, 0.1) is 18.4 Å². The molecule has 0 fully saturated rings. The molecule has 1 unspecified atom stereocenters. The fraction of sp³-hybridized carbons (Fsp3) is 0.379. The summed E-state index contributed by atoms with van der Waals surface area (Å²) in [4.78, 5) is 26.6. The molecule has 2 atom stereocenters. The molecule has 0 aromatic heterocycles. The number of aryl methyl sites for hydroxylation is 1. The van der Waals surface area contributed by atoms with Crippen molar-refractivity contribution in [2.75, 3.05) is 26.5 Å². The van der Waals surface area contributed by atoms with Gasteiger partial charge in [0.15, 0.2) is 0 Å². The molecule has 0 spiro atoms. The van der Waals surface area contributed by atoms with Gasteiger partial charge in [-0.1, -0.05) is 49.4 Å². The van der Waals surface area contributed by atoms with Crippen molar-refractivity contribution in [1.82, 2.24) is 9.62 Å². The summed E-state index contributed by atoms with van der Waals surface area (Å²) in [6, 6.07) is 14.7. The predicted octanol–water partition coefficient (Wildman–Crippen LogP) is 5.63. The first-order valence-electron chi connectivity index (χ1n) is 12.5. The summed E-state index contributed by atoms with van der Waals surface area (Å²) in [5.41, 5.74) is 4.23. The van der Waals surface area contributed by atoms with Gasteiger partial charge < -0.3 is 14.8 Å². The van der Waals surface area contributed by atoms with Crippen LogP contribution >= 0.6 is 23.7 Å². The molecule has 2 aromatic rings. The van der Waals surface area contributed by atoms with Crippen molar-refractivity contribution in [2.45, 2.75) is 50.2 Å². The lowest BCUT2D eigenvalue weighted by Gasteiger charge is -2.25. The standard InChI is InChI=1S/C29H34N2O4S2/c1-5-23-17-31(37-27-9-7-6-8-25(27)35-23)16-22-14-20(11-10-19(22)2)24(15-28(32)34-4)26-13-12-21(18-36-26)29(33)30-3/h6-14,23-24H,5,15-18H2,1-4H3,(H,30,33)/t23-,24?/m1/s1. The maximum Gasteiger partial charge on any atom is 0.306 e. The minimum Gasteiger partial charge on any atom is -0.488 e. The Labute approximate surface area is 228 Å². The van der Waals surface area contributed by atoms with Crippen LogP contribution < -0.4 is 10.1 Å². The van der Waals surface area contributed by atoms with E-state index in [1.165, 1.54) is 18.2 Å². The molecule has 8 heteroatoms. The maximum absolute atomic E-state index is 12.4. The van der Waals surface area contributed by atoms with Crippen LogP contribution in [0, 0.1) is 6.92 Å². The molecule has 196 valence electrons. The second kappa shape index (κ2) is 12.7. The van der Waals surface area contributed by atoms with Crippen LogP contribution in [0.5, 0.6) is 5.75 Å². The minimum absolute atomic E-state index is 0.0733. The second-order valence-corrected chi connectivity index (χ2v) is 11.3. The molecular weight excluding hydrogens is 504 g/mol. The number of carbonyl (C=O) groups excluding carboxylic acids is 2. The third-order valence-corrected chi connectivity index (χ3v) is 8.94. The van der Waals surface area contributed by atoms with Crippen LogP contribution in [0.25, 0.3) is 0 Å². The molecule has 2 heterocycles. The van der Waals surface area contributed by atoms with Gasteiger partial charge in [-0.15, -0.1) is 11.8 Å². The largest absolute Gasteiger partial charge is 0.488 e. The number of fused-ring (bicyclic) bond motifs is 1. The number of allylic oxidation sites excluding steroid dienone is 3. The first kappa shape index (κ1) is 27.4. The normalized spacial score (nSPS) is 18.4. The van der Waals surface area contributed by atoms with Crippen molar-refractivity contribution < 1.29 is 19.1 Å². The molecular formula is C29H34N2O4S2. The van der Waals surface area contributed by atoms with Crippen LogP contribution in [0.2, 0.25) is 0 Å². The van der Waals surface area contributed by atoms with Gasteiger partial charge in [0, 0.05) is 37.4 Å². The molecule has 0 bridgehead atoms.